The topological polar surface area (TPSA) is 26.3 Å². The SMILES string of the molecule is Cc1cc(C)c(OC(C)C)c(C(=O)CCCl)c1. The molecule has 1 rings (SSSR count). The first-order valence-electron chi connectivity index (χ1n) is 5.82. The lowest BCUT2D eigenvalue weighted by atomic mass is 10.0. The van der Waals surface area contributed by atoms with E-state index in [1.807, 2.05) is 39.8 Å². The van der Waals surface area contributed by atoms with Crippen LogP contribution in [0.25, 0.3) is 0 Å². The number of alkyl halides is 1. The molecule has 2 nitrogen and oxygen atoms in total. The van der Waals surface area contributed by atoms with Crippen LogP contribution < -0.4 is 4.74 Å². The van der Waals surface area contributed by atoms with Gasteiger partial charge in [0.05, 0.1) is 11.7 Å². The van der Waals surface area contributed by atoms with Gasteiger partial charge in [-0.05, 0) is 44.9 Å². The van der Waals surface area contributed by atoms with Gasteiger partial charge in [0.15, 0.2) is 5.78 Å². The zero-order valence-corrected chi connectivity index (χ0v) is 11.6. The highest BCUT2D eigenvalue weighted by molar-refractivity contribution is 6.19. The van der Waals surface area contributed by atoms with Crippen molar-refractivity contribution in [3.05, 3.63) is 28.8 Å². The Kier molecular flexibility index (Phi) is 5.01. The van der Waals surface area contributed by atoms with Crippen LogP contribution in [0, 0.1) is 13.8 Å². The number of Topliss-reactive ketones (excluding diaryl/α,β-unsaturated/α-hetero) is 1. The summed E-state index contributed by atoms with van der Waals surface area (Å²) >= 11 is 5.62. The van der Waals surface area contributed by atoms with Crippen LogP contribution in [-0.2, 0) is 0 Å². The minimum absolute atomic E-state index is 0.0439. The normalized spacial score (nSPS) is 10.7. The molecule has 0 aliphatic carbocycles. The van der Waals surface area contributed by atoms with Gasteiger partial charge < -0.3 is 4.74 Å². The van der Waals surface area contributed by atoms with E-state index in [0.717, 1.165) is 11.1 Å². The number of carbonyl (C=O) groups excluding carboxylic acids is 1. The lowest BCUT2D eigenvalue weighted by Crippen LogP contribution is -2.12. The van der Waals surface area contributed by atoms with Gasteiger partial charge >= 0.3 is 0 Å². The molecule has 0 fully saturated rings. The Balaban J connectivity index is 3.19. The first kappa shape index (κ1) is 14.0. The van der Waals surface area contributed by atoms with E-state index in [9.17, 15) is 4.79 Å². The van der Waals surface area contributed by atoms with Crippen LogP contribution in [0.2, 0.25) is 0 Å². The molecule has 0 unspecified atom stereocenters. The molecule has 0 aliphatic heterocycles. The minimum Gasteiger partial charge on any atom is -0.490 e. The monoisotopic (exact) mass is 254 g/mol. The van der Waals surface area contributed by atoms with Crippen molar-refractivity contribution in [1.82, 2.24) is 0 Å². The van der Waals surface area contributed by atoms with Crippen LogP contribution in [0.1, 0.15) is 41.8 Å². The summed E-state index contributed by atoms with van der Waals surface area (Å²) in [4.78, 5) is 12.0. The molecule has 0 spiro atoms. The van der Waals surface area contributed by atoms with E-state index in [-0.39, 0.29) is 11.9 Å². The van der Waals surface area contributed by atoms with Gasteiger partial charge in [0, 0.05) is 12.3 Å². The smallest absolute Gasteiger partial charge is 0.167 e. The second-order valence-corrected chi connectivity index (χ2v) is 4.87. The Morgan fingerprint density at radius 1 is 1.35 bits per heavy atom. The Hall–Kier alpha value is -1.02. The highest BCUT2D eigenvalue weighted by atomic mass is 35.5. The summed E-state index contributed by atoms with van der Waals surface area (Å²) in [7, 11) is 0. The van der Waals surface area contributed by atoms with Crippen molar-refractivity contribution in [2.75, 3.05) is 5.88 Å². The zero-order valence-electron chi connectivity index (χ0n) is 10.8. The minimum atomic E-state index is 0.0439. The quantitative estimate of drug-likeness (QED) is 0.588. The Morgan fingerprint density at radius 3 is 2.53 bits per heavy atom. The molecule has 17 heavy (non-hydrogen) atoms. The molecule has 0 saturated carbocycles. The summed E-state index contributed by atoms with van der Waals surface area (Å²) in [6, 6.07) is 3.90. The molecular weight excluding hydrogens is 236 g/mol. The number of ketones is 1. The van der Waals surface area contributed by atoms with E-state index in [1.165, 1.54) is 0 Å². The molecule has 1 aromatic rings. The fourth-order valence-corrected chi connectivity index (χ4v) is 1.95. The number of hydrogen-bond donors (Lipinski definition) is 0. The van der Waals surface area contributed by atoms with Crippen LogP contribution >= 0.6 is 11.6 Å². The van der Waals surface area contributed by atoms with Gasteiger partial charge in [-0.15, -0.1) is 11.6 Å². The molecule has 3 heteroatoms. The van der Waals surface area contributed by atoms with Gasteiger partial charge in [-0.25, -0.2) is 0 Å². The van der Waals surface area contributed by atoms with E-state index < -0.39 is 0 Å². The van der Waals surface area contributed by atoms with Crippen molar-refractivity contribution < 1.29 is 9.53 Å². The highest BCUT2D eigenvalue weighted by Crippen LogP contribution is 2.27. The van der Waals surface area contributed by atoms with Crippen LogP contribution in [0.3, 0.4) is 0 Å². The van der Waals surface area contributed by atoms with Crippen LogP contribution in [0.15, 0.2) is 12.1 Å². The molecule has 0 bridgehead atoms. The largest absolute Gasteiger partial charge is 0.490 e. The number of hydrogen-bond acceptors (Lipinski definition) is 2. The third-order valence-corrected chi connectivity index (χ3v) is 2.58. The van der Waals surface area contributed by atoms with Gasteiger partial charge in [-0.2, -0.15) is 0 Å². The zero-order chi connectivity index (χ0) is 13.0. The molecule has 1 aromatic carbocycles. The summed E-state index contributed by atoms with van der Waals surface area (Å²) in [5.74, 6) is 1.08. The maximum absolute atomic E-state index is 12.0. The average molecular weight is 255 g/mol. The molecule has 0 aromatic heterocycles. The van der Waals surface area contributed by atoms with Gasteiger partial charge in [0.25, 0.3) is 0 Å². The second kappa shape index (κ2) is 6.06. The molecule has 0 saturated heterocycles. The number of ether oxygens (including phenoxy) is 1. The van der Waals surface area contributed by atoms with Crippen molar-refractivity contribution in [2.45, 2.75) is 40.2 Å². The second-order valence-electron chi connectivity index (χ2n) is 4.49. The first-order valence-corrected chi connectivity index (χ1v) is 6.36. The maximum atomic E-state index is 12.0. The van der Waals surface area contributed by atoms with Crippen molar-refractivity contribution >= 4 is 17.4 Å². The van der Waals surface area contributed by atoms with Gasteiger partial charge in [-0.3, -0.25) is 4.79 Å². The van der Waals surface area contributed by atoms with E-state index in [2.05, 4.69) is 0 Å². The predicted octanol–water partition coefficient (Wildman–Crippen LogP) is 3.90. The summed E-state index contributed by atoms with van der Waals surface area (Å²) in [5.41, 5.74) is 2.71. The molecule has 0 radical (unpaired) electrons. The molecule has 0 aliphatic rings. The summed E-state index contributed by atoms with van der Waals surface area (Å²) in [6.45, 7) is 7.84. The van der Waals surface area contributed by atoms with Crippen LogP contribution in [-0.4, -0.2) is 17.8 Å². The Bertz CT molecular complexity index is 411. The van der Waals surface area contributed by atoms with Crippen molar-refractivity contribution in [1.29, 1.82) is 0 Å². The Morgan fingerprint density at radius 2 is 2.00 bits per heavy atom. The first-order chi connectivity index (χ1) is 7.95. The third kappa shape index (κ3) is 3.74. The molecule has 0 N–H and O–H groups in total. The number of rotatable bonds is 5. The van der Waals surface area contributed by atoms with E-state index >= 15 is 0 Å². The summed E-state index contributed by atoms with van der Waals surface area (Å²) in [5, 5.41) is 0. The fourth-order valence-electron chi connectivity index (χ4n) is 1.77. The molecule has 0 heterocycles. The summed E-state index contributed by atoms with van der Waals surface area (Å²) in [6.07, 6.45) is 0.401. The van der Waals surface area contributed by atoms with Crippen molar-refractivity contribution in [2.24, 2.45) is 0 Å². The number of halogens is 1. The van der Waals surface area contributed by atoms with Gasteiger partial charge in [0.1, 0.15) is 5.75 Å². The lowest BCUT2D eigenvalue weighted by Gasteiger charge is -2.17. The highest BCUT2D eigenvalue weighted by Gasteiger charge is 2.16. The molecule has 0 amide bonds. The maximum Gasteiger partial charge on any atom is 0.167 e. The van der Waals surface area contributed by atoms with Crippen LogP contribution in [0.4, 0.5) is 0 Å². The number of carbonyl (C=O) groups is 1. The number of benzene rings is 1. The third-order valence-electron chi connectivity index (χ3n) is 2.39. The molecular formula is C14H19ClO2. The predicted molar refractivity (Wildman–Crippen MR) is 71.3 cm³/mol. The van der Waals surface area contributed by atoms with Crippen molar-refractivity contribution in [3.63, 3.8) is 0 Å². The Labute approximate surface area is 108 Å². The standard InChI is InChI=1S/C14H19ClO2/c1-9(2)17-14-11(4)7-10(3)8-12(14)13(16)5-6-15/h7-9H,5-6H2,1-4H3. The van der Waals surface area contributed by atoms with E-state index in [1.54, 1.807) is 0 Å². The summed E-state index contributed by atoms with van der Waals surface area (Å²) < 4.78 is 5.73. The van der Waals surface area contributed by atoms with E-state index in [4.69, 9.17) is 16.3 Å². The molecule has 0 atom stereocenters. The van der Waals surface area contributed by atoms with Gasteiger partial charge in [0.2, 0.25) is 0 Å². The van der Waals surface area contributed by atoms with Gasteiger partial charge in [-0.1, -0.05) is 6.07 Å². The van der Waals surface area contributed by atoms with Crippen LogP contribution in [0.5, 0.6) is 5.75 Å². The number of aryl methyl sites for hydroxylation is 2. The molecule has 94 valence electrons. The average Bonchev–Trinajstić information content (AvgIpc) is 2.21. The fraction of sp³-hybridized carbons (Fsp3) is 0.500. The van der Waals surface area contributed by atoms with Crippen molar-refractivity contribution in [3.8, 4) is 5.75 Å². The van der Waals surface area contributed by atoms with E-state index in [0.29, 0.717) is 23.6 Å². The lowest BCUT2D eigenvalue weighted by molar-refractivity contribution is 0.0983.